The molecule has 3 heterocycles. The Bertz CT molecular complexity index is 1280. The molecular weight excluding hydrogens is 463 g/mol. The van der Waals surface area contributed by atoms with Gasteiger partial charge in [-0.25, -0.2) is 19.8 Å². The number of methoxy groups -OCH3 is 1. The van der Waals surface area contributed by atoms with Crippen LogP contribution in [-0.4, -0.2) is 55.3 Å². The van der Waals surface area contributed by atoms with Crippen molar-refractivity contribution in [3.63, 3.8) is 0 Å². The number of anilines is 1. The van der Waals surface area contributed by atoms with Crippen molar-refractivity contribution in [1.29, 1.82) is 0 Å². The summed E-state index contributed by atoms with van der Waals surface area (Å²) in [6.07, 6.45) is 0.415. The molecule has 36 heavy (non-hydrogen) atoms. The molecular formula is C26H29FN6O3. The fourth-order valence-corrected chi connectivity index (χ4v) is 4.61. The summed E-state index contributed by atoms with van der Waals surface area (Å²) in [5, 5.41) is 3.28. The molecule has 1 saturated heterocycles. The van der Waals surface area contributed by atoms with Crippen LogP contribution in [-0.2, 0) is 16.0 Å². The maximum atomic E-state index is 14.4. The van der Waals surface area contributed by atoms with E-state index in [9.17, 15) is 4.39 Å². The van der Waals surface area contributed by atoms with E-state index in [2.05, 4.69) is 20.8 Å². The minimum absolute atomic E-state index is 0.0637. The minimum Gasteiger partial charge on any atom is -0.497 e. The van der Waals surface area contributed by atoms with Crippen LogP contribution in [0.5, 0.6) is 5.75 Å². The van der Waals surface area contributed by atoms with Gasteiger partial charge in [0, 0.05) is 19.5 Å². The van der Waals surface area contributed by atoms with Crippen molar-refractivity contribution in [2.75, 3.05) is 39.1 Å². The van der Waals surface area contributed by atoms with E-state index in [0.717, 1.165) is 34.5 Å². The van der Waals surface area contributed by atoms with Gasteiger partial charge in [0.2, 0.25) is 5.95 Å². The van der Waals surface area contributed by atoms with Crippen LogP contribution in [0.2, 0.25) is 0 Å². The van der Waals surface area contributed by atoms with Gasteiger partial charge in [-0.1, -0.05) is 18.2 Å². The van der Waals surface area contributed by atoms with E-state index in [4.69, 9.17) is 25.0 Å². The number of morpholine rings is 1. The highest BCUT2D eigenvalue weighted by molar-refractivity contribution is 6.01. The smallest absolute Gasteiger partial charge is 0.220 e. The molecule has 0 bridgehead atoms. The Labute approximate surface area is 208 Å². The molecule has 1 aromatic heterocycles. The van der Waals surface area contributed by atoms with Crippen molar-refractivity contribution in [2.24, 2.45) is 4.99 Å². The van der Waals surface area contributed by atoms with E-state index >= 15 is 0 Å². The number of hydrogen-bond donors (Lipinski definition) is 3. The number of ether oxygens (including phenoxy) is 2. The maximum absolute atomic E-state index is 14.4. The molecule has 2 aliphatic rings. The third-order valence-corrected chi connectivity index (χ3v) is 6.29. The number of aromatic nitrogens is 2. The molecule has 2 atom stereocenters. The Morgan fingerprint density at radius 2 is 2.11 bits per heavy atom. The fourth-order valence-electron chi connectivity index (χ4n) is 4.61. The van der Waals surface area contributed by atoms with Gasteiger partial charge in [-0.2, -0.15) is 0 Å². The molecule has 1 unspecified atom stereocenters. The normalized spacial score (nSPS) is 19.4. The third kappa shape index (κ3) is 5.15. The molecule has 0 radical (unpaired) electrons. The van der Waals surface area contributed by atoms with Crippen LogP contribution in [0, 0.1) is 12.7 Å². The lowest BCUT2D eigenvalue weighted by Crippen LogP contribution is -2.43. The first-order valence-electron chi connectivity index (χ1n) is 11.9. The van der Waals surface area contributed by atoms with Gasteiger partial charge >= 0.3 is 0 Å². The van der Waals surface area contributed by atoms with Crippen molar-refractivity contribution in [1.82, 2.24) is 20.8 Å². The van der Waals surface area contributed by atoms with E-state index < -0.39 is 0 Å². The molecule has 2 aliphatic heterocycles. The van der Waals surface area contributed by atoms with Crippen molar-refractivity contribution in [2.45, 2.75) is 25.5 Å². The van der Waals surface area contributed by atoms with Gasteiger partial charge in [-0.15, -0.1) is 0 Å². The number of hydrogen-bond acceptors (Lipinski definition) is 9. The predicted octanol–water partition coefficient (Wildman–Crippen LogP) is 2.74. The third-order valence-electron chi connectivity index (χ3n) is 6.29. The molecule has 10 heteroatoms. The van der Waals surface area contributed by atoms with E-state index in [1.54, 1.807) is 13.2 Å². The molecule has 0 saturated carbocycles. The van der Waals surface area contributed by atoms with Crippen LogP contribution in [0.4, 0.5) is 10.3 Å². The number of halogens is 1. The van der Waals surface area contributed by atoms with Gasteiger partial charge in [0.05, 0.1) is 42.8 Å². The molecule has 0 amide bonds. The van der Waals surface area contributed by atoms with Gasteiger partial charge in [-0.3, -0.25) is 9.83 Å². The summed E-state index contributed by atoms with van der Waals surface area (Å²) in [4.78, 5) is 19.6. The molecule has 5 rings (SSSR count). The highest BCUT2D eigenvalue weighted by Gasteiger charge is 2.29. The summed E-state index contributed by atoms with van der Waals surface area (Å²) in [7, 11) is 1.60. The Balaban J connectivity index is 1.50. The Morgan fingerprint density at radius 1 is 1.22 bits per heavy atom. The first-order chi connectivity index (χ1) is 17.5. The first kappa shape index (κ1) is 24.1. The topological polar surface area (TPSA) is 116 Å². The summed E-state index contributed by atoms with van der Waals surface area (Å²) in [6.45, 7) is 4.39. The largest absolute Gasteiger partial charge is 0.497 e. The van der Waals surface area contributed by atoms with E-state index in [1.165, 1.54) is 12.1 Å². The molecule has 3 aromatic rings. The molecule has 0 spiro atoms. The molecule has 4 N–H and O–H groups in total. The standard InChI is InChI=1S/C26H29FN6O3/c1-15-24-23(32-26(28)30-15)12-22(31-25(24)33-36-14-19-13-29-8-9-35-19)20-7-6-17(27)11-21(20)16-4-3-5-18(10-16)34-2/h3-7,10-11,19,22,29H,8-9,12-14H2,1-2H3,(H,31,33)(H2,28,30,32)/t19?,22-/m1/s1. The van der Waals surface area contributed by atoms with Crippen LogP contribution >= 0.6 is 0 Å². The molecule has 2 aromatic carbocycles. The van der Waals surface area contributed by atoms with E-state index in [1.807, 2.05) is 31.2 Å². The quantitative estimate of drug-likeness (QED) is 0.450. The van der Waals surface area contributed by atoms with E-state index in [-0.39, 0.29) is 23.9 Å². The number of aliphatic imine (C=N–C) groups is 1. The van der Waals surface area contributed by atoms with Crippen LogP contribution in [0.1, 0.15) is 28.6 Å². The lowest BCUT2D eigenvalue weighted by molar-refractivity contribution is -0.0470. The Morgan fingerprint density at radius 3 is 2.92 bits per heavy atom. The van der Waals surface area contributed by atoms with Gasteiger partial charge in [-0.05, 0) is 47.9 Å². The summed E-state index contributed by atoms with van der Waals surface area (Å²) in [6, 6.07) is 11.9. The number of rotatable bonds is 6. The van der Waals surface area contributed by atoms with Crippen LogP contribution in [0.25, 0.3) is 11.1 Å². The number of amidine groups is 1. The number of fused-ring (bicyclic) bond motifs is 1. The van der Waals surface area contributed by atoms with Crippen LogP contribution in [0.3, 0.4) is 0 Å². The lowest BCUT2D eigenvalue weighted by Gasteiger charge is -2.27. The first-order valence-corrected chi connectivity index (χ1v) is 11.9. The number of nitrogens with one attached hydrogen (secondary N) is 2. The maximum Gasteiger partial charge on any atom is 0.220 e. The predicted molar refractivity (Wildman–Crippen MR) is 134 cm³/mol. The average Bonchev–Trinajstić information content (AvgIpc) is 2.88. The minimum atomic E-state index is -0.355. The number of nitrogen functional groups attached to an aromatic ring is 1. The molecule has 1 fully saturated rings. The second-order valence-electron chi connectivity index (χ2n) is 8.76. The zero-order valence-electron chi connectivity index (χ0n) is 20.3. The number of hydroxylamine groups is 1. The Kier molecular flexibility index (Phi) is 7.08. The van der Waals surface area contributed by atoms with Crippen LogP contribution < -0.4 is 21.3 Å². The van der Waals surface area contributed by atoms with E-state index in [0.29, 0.717) is 43.5 Å². The number of benzene rings is 2. The van der Waals surface area contributed by atoms with Gasteiger partial charge in [0.1, 0.15) is 18.2 Å². The summed E-state index contributed by atoms with van der Waals surface area (Å²) in [5.41, 5.74) is 13.6. The zero-order chi connectivity index (χ0) is 25.1. The Hall–Kier alpha value is -3.60. The number of nitrogens with two attached hydrogens (primary N) is 1. The summed E-state index contributed by atoms with van der Waals surface area (Å²) in [5.74, 6) is 1.05. The van der Waals surface area contributed by atoms with Crippen LogP contribution in [0.15, 0.2) is 47.5 Å². The summed E-state index contributed by atoms with van der Waals surface area (Å²) < 4.78 is 25.5. The van der Waals surface area contributed by atoms with Gasteiger partial charge in [0.25, 0.3) is 0 Å². The SMILES string of the molecule is COc1cccc(-c2cc(F)ccc2[C@H]2Cc3nc(N)nc(C)c3C(NOCC3CNCCO3)=N2)c1. The fraction of sp³-hybridized carbons (Fsp3) is 0.346. The summed E-state index contributed by atoms with van der Waals surface area (Å²) >= 11 is 0. The highest BCUT2D eigenvalue weighted by Crippen LogP contribution is 2.37. The van der Waals surface area contributed by atoms with Crippen molar-refractivity contribution < 1.29 is 18.7 Å². The van der Waals surface area contributed by atoms with Crippen molar-refractivity contribution in [3.8, 4) is 16.9 Å². The highest BCUT2D eigenvalue weighted by atomic mass is 19.1. The molecule has 9 nitrogen and oxygen atoms in total. The number of nitrogens with zero attached hydrogens (tertiary/aromatic N) is 3. The van der Waals surface area contributed by atoms with Crippen molar-refractivity contribution >= 4 is 11.8 Å². The van der Waals surface area contributed by atoms with Gasteiger partial charge < -0.3 is 20.5 Å². The van der Waals surface area contributed by atoms with Gasteiger partial charge in [0.15, 0.2) is 5.84 Å². The lowest BCUT2D eigenvalue weighted by atomic mass is 9.89. The average molecular weight is 493 g/mol. The molecule has 0 aliphatic carbocycles. The molecule has 188 valence electrons. The second kappa shape index (κ2) is 10.6. The zero-order valence-corrected chi connectivity index (χ0v) is 20.3. The second-order valence-corrected chi connectivity index (χ2v) is 8.76. The monoisotopic (exact) mass is 492 g/mol. The van der Waals surface area contributed by atoms with Crippen molar-refractivity contribution in [3.05, 3.63) is 70.8 Å². The number of aryl methyl sites for hydroxylation is 1.